The van der Waals surface area contributed by atoms with Gasteiger partial charge in [-0.05, 0) is 43.3 Å². The minimum absolute atomic E-state index is 0.218. The maximum absolute atomic E-state index is 12.4. The normalized spacial score (nSPS) is 11.2. The van der Waals surface area contributed by atoms with Crippen molar-refractivity contribution < 1.29 is 0 Å². The summed E-state index contributed by atoms with van der Waals surface area (Å²) in [5.74, 6) is 0. The third kappa shape index (κ3) is 2.92. The van der Waals surface area contributed by atoms with Gasteiger partial charge < -0.3 is 0 Å². The van der Waals surface area contributed by atoms with Crippen LogP contribution in [0, 0.1) is 6.92 Å². The number of aromatic amines is 1. The molecule has 0 aliphatic heterocycles. The Balaban J connectivity index is 1.97. The highest BCUT2D eigenvalue weighted by atomic mass is 79.9. The monoisotopic (exact) mass is 356 g/mol. The van der Waals surface area contributed by atoms with Gasteiger partial charge in [-0.15, -0.1) is 5.11 Å². The third-order valence-corrected chi connectivity index (χ3v) is 3.68. The van der Waals surface area contributed by atoms with Crippen LogP contribution in [0.3, 0.4) is 0 Å². The van der Waals surface area contributed by atoms with Crippen LogP contribution in [0.2, 0.25) is 0 Å². The number of rotatable bonds is 3. The van der Waals surface area contributed by atoms with E-state index in [1.807, 2.05) is 54.6 Å². The van der Waals surface area contributed by atoms with Crippen LogP contribution < -0.4 is 5.56 Å². The van der Waals surface area contributed by atoms with Crippen molar-refractivity contribution in [2.45, 2.75) is 6.92 Å². The highest BCUT2D eigenvalue weighted by Gasteiger charge is 2.11. The summed E-state index contributed by atoms with van der Waals surface area (Å²) in [6.07, 6.45) is 0. The lowest BCUT2D eigenvalue weighted by Gasteiger charge is -1.99. The number of aryl methyl sites for hydroxylation is 1. The van der Waals surface area contributed by atoms with Gasteiger partial charge in [0.2, 0.25) is 0 Å². The Bertz CT molecular complexity index is 863. The van der Waals surface area contributed by atoms with Gasteiger partial charge in [0, 0.05) is 4.47 Å². The number of nitrogens with one attached hydrogen (secondary N) is 1. The smallest absolute Gasteiger partial charge is 0.293 e. The molecule has 0 aliphatic rings. The number of benzene rings is 2. The molecule has 1 heterocycles. The van der Waals surface area contributed by atoms with Crippen molar-refractivity contribution in [3.8, 4) is 5.69 Å². The van der Waals surface area contributed by atoms with Gasteiger partial charge in [-0.2, -0.15) is 5.11 Å². The molecule has 1 N–H and O–H groups in total. The Kier molecular flexibility index (Phi) is 4.02. The van der Waals surface area contributed by atoms with Crippen molar-refractivity contribution >= 4 is 27.3 Å². The molecule has 0 saturated heterocycles. The first-order chi connectivity index (χ1) is 10.6. The number of halogens is 1. The average molecular weight is 357 g/mol. The molecule has 110 valence electrons. The predicted octanol–water partition coefficient (Wildman–Crippen LogP) is 4.65. The lowest BCUT2D eigenvalue weighted by molar-refractivity contribution is 0.835. The molecule has 1 aromatic heterocycles. The van der Waals surface area contributed by atoms with Gasteiger partial charge >= 0.3 is 0 Å². The first kappa shape index (κ1) is 14.5. The Morgan fingerprint density at radius 2 is 1.68 bits per heavy atom. The molecule has 0 amide bonds. The van der Waals surface area contributed by atoms with Crippen LogP contribution in [-0.2, 0) is 0 Å². The zero-order valence-electron chi connectivity index (χ0n) is 11.8. The van der Waals surface area contributed by atoms with Crippen molar-refractivity contribution in [3.63, 3.8) is 0 Å². The number of hydrogen-bond donors (Lipinski definition) is 1. The quantitative estimate of drug-likeness (QED) is 0.682. The summed E-state index contributed by atoms with van der Waals surface area (Å²) in [4.78, 5) is 12.4. The average Bonchev–Trinajstić information content (AvgIpc) is 2.82. The molecule has 0 atom stereocenters. The van der Waals surface area contributed by atoms with E-state index < -0.39 is 0 Å². The maximum Gasteiger partial charge on any atom is 0.299 e. The lowest BCUT2D eigenvalue weighted by Crippen LogP contribution is -2.13. The molecule has 3 rings (SSSR count). The Morgan fingerprint density at radius 3 is 2.36 bits per heavy atom. The summed E-state index contributed by atoms with van der Waals surface area (Å²) in [7, 11) is 0. The molecule has 0 bridgehead atoms. The van der Waals surface area contributed by atoms with Crippen molar-refractivity contribution in [3.05, 3.63) is 75.1 Å². The lowest BCUT2D eigenvalue weighted by atomic mass is 10.3. The molecule has 6 heteroatoms. The van der Waals surface area contributed by atoms with E-state index in [-0.39, 0.29) is 5.56 Å². The van der Waals surface area contributed by atoms with E-state index in [0.717, 1.165) is 10.2 Å². The molecule has 0 saturated carbocycles. The molecule has 5 nitrogen and oxygen atoms in total. The molecule has 0 fully saturated rings. The summed E-state index contributed by atoms with van der Waals surface area (Å²) < 4.78 is 2.43. The van der Waals surface area contributed by atoms with Crippen molar-refractivity contribution in [2.24, 2.45) is 10.2 Å². The number of hydrogen-bond acceptors (Lipinski definition) is 3. The molecule has 22 heavy (non-hydrogen) atoms. The van der Waals surface area contributed by atoms with Crippen LogP contribution in [0.5, 0.6) is 0 Å². The number of azo groups is 1. The van der Waals surface area contributed by atoms with Gasteiger partial charge in [-0.3, -0.25) is 9.89 Å². The van der Waals surface area contributed by atoms with Crippen molar-refractivity contribution in [1.82, 2.24) is 9.78 Å². The minimum atomic E-state index is -0.218. The molecule has 0 spiro atoms. The summed E-state index contributed by atoms with van der Waals surface area (Å²) >= 11 is 3.36. The van der Waals surface area contributed by atoms with Gasteiger partial charge in [0.05, 0.1) is 17.1 Å². The molecule has 0 aliphatic carbocycles. The fraction of sp³-hybridized carbons (Fsp3) is 0.0625. The second-order valence-electron chi connectivity index (χ2n) is 4.74. The van der Waals surface area contributed by atoms with Crippen LogP contribution in [-0.4, -0.2) is 9.78 Å². The molecular weight excluding hydrogens is 344 g/mol. The second kappa shape index (κ2) is 6.11. The molecule has 0 unspecified atom stereocenters. The van der Waals surface area contributed by atoms with Gasteiger partial charge in [0.1, 0.15) is 0 Å². The van der Waals surface area contributed by atoms with E-state index in [1.165, 1.54) is 4.68 Å². The standard InChI is InChI=1S/C16H13BrN4O/c1-11-15(19-18-13-9-7-12(17)8-10-13)16(22)21(20-11)14-5-3-2-4-6-14/h2-10,20H,1H3. The largest absolute Gasteiger partial charge is 0.299 e. The fourth-order valence-electron chi connectivity index (χ4n) is 2.03. The minimum Gasteiger partial charge on any atom is -0.293 e. The van der Waals surface area contributed by atoms with Gasteiger partial charge in [-0.1, -0.05) is 34.1 Å². The Morgan fingerprint density at radius 1 is 1.00 bits per heavy atom. The maximum atomic E-state index is 12.4. The van der Waals surface area contributed by atoms with Crippen molar-refractivity contribution in [2.75, 3.05) is 0 Å². The van der Waals surface area contributed by atoms with E-state index in [0.29, 0.717) is 17.1 Å². The zero-order valence-corrected chi connectivity index (χ0v) is 13.4. The van der Waals surface area contributed by atoms with E-state index in [9.17, 15) is 4.79 Å². The number of para-hydroxylation sites is 1. The number of aromatic nitrogens is 2. The molecule has 0 radical (unpaired) electrons. The second-order valence-corrected chi connectivity index (χ2v) is 5.65. The van der Waals surface area contributed by atoms with E-state index in [1.54, 1.807) is 6.92 Å². The molecule has 3 aromatic rings. The van der Waals surface area contributed by atoms with Crippen LogP contribution >= 0.6 is 15.9 Å². The topological polar surface area (TPSA) is 62.5 Å². The third-order valence-electron chi connectivity index (χ3n) is 3.15. The molecule has 2 aromatic carbocycles. The Hall–Kier alpha value is -2.47. The van der Waals surface area contributed by atoms with E-state index >= 15 is 0 Å². The van der Waals surface area contributed by atoms with E-state index in [4.69, 9.17) is 0 Å². The van der Waals surface area contributed by atoms with Crippen LogP contribution in [0.4, 0.5) is 11.4 Å². The highest BCUT2D eigenvalue weighted by molar-refractivity contribution is 9.10. The molecular formula is C16H13BrN4O. The van der Waals surface area contributed by atoms with Crippen molar-refractivity contribution in [1.29, 1.82) is 0 Å². The van der Waals surface area contributed by atoms with Gasteiger partial charge in [0.25, 0.3) is 5.56 Å². The van der Waals surface area contributed by atoms with Gasteiger partial charge in [0.15, 0.2) is 5.69 Å². The first-order valence-electron chi connectivity index (χ1n) is 6.69. The number of H-pyrrole nitrogens is 1. The SMILES string of the molecule is Cc1[nH]n(-c2ccccc2)c(=O)c1N=Nc1ccc(Br)cc1. The summed E-state index contributed by atoms with van der Waals surface area (Å²) in [5, 5.41) is 11.2. The summed E-state index contributed by atoms with van der Waals surface area (Å²) in [5.41, 5.74) is 2.22. The zero-order chi connectivity index (χ0) is 15.5. The van der Waals surface area contributed by atoms with E-state index in [2.05, 4.69) is 31.3 Å². The van der Waals surface area contributed by atoms with Crippen LogP contribution in [0.15, 0.2) is 74.1 Å². The first-order valence-corrected chi connectivity index (χ1v) is 7.49. The number of nitrogens with zero attached hydrogens (tertiary/aromatic N) is 3. The fourth-order valence-corrected chi connectivity index (χ4v) is 2.29. The van der Waals surface area contributed by atoms with Crippen LogP contribution in [0.1, 0.15) is 5.69 Å². The van der Waals surface area contributed by atoms with Gasteiger partial charge in [-0.25, -0.2) is 4.68 Å². The summed E-state index contributed by atoms with van der Waals surface area (Å²) in [6, 6.07) is 16.8. The predicted molar refractivity (Wildman–Crippen MR) is 89.4 cm³/mol. The Labute approximate surface area is 135 Å². The summed E-state index contributed by atoms with van der Waals surface area (Å²) in [6.45, 7) is 1.80. The van der Waals surface area contributed by atoms with Crippen LogP contribution in [0.25, 0.3) is 5.69 Å². The highest BCUT2D eigenvalue weighted by Crippen LogP contribution is 2.20.